The lowest BCUT2D eigenvalue weighted by molar-refractivity contribution is -0.134. The molecule has 0 bridgehead atoms. The smallest absolute Gasteiger partial charge is 0.311 e. The molecule has 0 radical (unpaired) electrons. The Labute approximate surface area is 92.9 Å². The average molecular weight is 219 g/mol. The number of aromatic amines is 1. The first-order chi connectivity index (χ1) is 7.70. The molecule has 0 saturated carbocycles. The summed E-state index contributed by atoms with van der Waals surface area (Å²) in [6.45, 7) is 1.90. The Balaban J connectivity index is 2.29. The van der Waals surface area contributed by atoms with Gasteiger partial charge in [0.1, 0.15) is 0 Å². The average Bonchev–Trinajstić information content (AvgIpc) is 2.65. The van der Waals surface area contributed by atoms with Crippen molar-refractivity contribution in [3.63, 3.8) is 0 Å². The minimum atomic E-state index is -0.326. The SMILES string of the molecule is CCCC(=O)Oc1cc2cc[nH]c2cc1O. The summed E-state index contributed by atoms with van der Waals surface area (Å²) in [6.07, 6.45) is 2.85. The van der Waals surface area contributed by atoms with Gasteiger partial charge in [0.15, 0.2) is 11.5 Å². The fourth-order valence-electron chi connectivity index (χ4n) is 1.53. The summed E-state index contributed by atoms with van der Waals surface area (Å²) in [6, 6.07) is 5.05. The van der Waals surface area contributed by atoms with Crippen molar-refractivity contribution in [2.45, 2.75) is 19.8 Å². The molecule has 0 fully saturated rings. The first-order valence-corrected chi connectivity index (χ1v) is 5.21. The van der Waals surface area contributed by atoms with E-state index in [4.69, 9.17) is 4.74 Å². The van der Waals surface area contributed by atoms with Crippen molar-refractivity contribution < 1.29 is 14.6 Å². The fourth-order valence-corrected chi connectivity index (χ4v) is 1.53. The Bertz CT molecular complexity index is 516. The van der Waals surface area contributed by atoms with Gasteiger partial charge in [-0.1, -0.05) is 6.92 Å². The van der Waals surface area contributed by atoms with E-state index in [-0.39, 0.29) is 17.5 Å². The van der Waals surface area contributed by atoms with Crippen LogP contribution in [0.25, 0.3) is 10.9 Å². The van der Waals surface area contributed by atoms with Crippen LogP contribution < -0.4 is 4.74 Å². The van der Waals surface area contributed by atoms with Crippen LogP contribution in [0.5, 0.6) is 11.5 Å². The number of hydrogen-bond acceptors (Lipinski definition) is 3. The van der Waals surface area contributed by atoms with Gasteiger partial charge in [0.2, 0.25) is 0 Å². The minimum absolute atomic E-state index is 0.0283. The van der Waals surface area contributed by atoms with Gasteiger partial charge in [-0.2, -0.15) is 0 Å². The number of carbonyl (C=O) groups excluding carboxylic acids is 1. The van der Waals surface area contributed by atoms with Crippen molar-refractivity contribution in [3.05, 3.63) is 24.4 Å². The molecule has 84 valence electrons. The van der Waals surface area contributed by atoms with E-state index in [2.05, 4.69) is 4.98 Å². The number of esters is 1. The molecule has 4 nitrogen and oxygen atoms in total. The van der Waals surface area contributed by atoms with E-state index in [1.807, 2.05) is 13.0 Å². The van der Waals surface area contributed by atoms with E-state index < -0.39 is 0 Å². The van der Waals surface area contributed by atoms with Gasteiger partial charge >= 0.3 is 5.97 Å². The number of nitrogens with one attached hydrogen (secondary N) is 1. The Morgan fingerprint density at radius 2 is 2.31 bits per heavy atom. The van der Waals surface area contributed by atoms with Crippen molar-refractivity contribution in [3.8, 4) is 11.5 Å². The quantitative estimate of drug-likeness (QED) is 0.616. The Hall–Kier alpha value is -1.97. The molecule has 2 rings (SSSR count). The van der Waals surface area contributed by atoms with E-state index in [1.165, 1.54) is 0 Å². The highest BCUT2D eigenvalue weighted by molar-refractivity contribution is 5.84. The Morgan fingerprint density at radius 3 is 3.06 bits per heavy atom. The molecule has 2 aromatic rings. The molecule has 0 unspecified atom stereocenters. The number of aromatic hydroxyl groups is 1. The number of aromatic nitrogens is 1. The largest absolute Gasteiger partial charge is 0.504 e. The molecular weight excluding hydrogens is 206 g/mol. The molecule has 1 aromatic heterocycles. The van der Waals surface area contributed by atoms with E-state index in [1.54, 1.807) is 18.3 Å². The number of rotatable bonds is 3. The van der Waals surface area contributed by atoms with Gasteiger partial charge in [-0.3, -0.25) is 4.79 Å². The van der Waals surface area contributed by atoms with Crippen LogP contribution in [0.1, 0.15) is 19.8 Å². The maximum atomic E-state index is 11.3. The lowest BCUT2D eigenvalue weighted by atomic mass is 10.2. The molecule has 1 aromatic carbocycles. The van der Waals surface area contributed by atoms with Gasteiger partial charge in [-0.15, -0.1) is 0 Å². The summed E-state index contributed by atoms with van der Waals surface area (Å²) in [5, 5.41) is 10.5. The van der Waals surface area contributed by atoms with Gasteiger partial charge in [0, 0.05) is 29.6 Å². The van der Waals surface area contributed by atoms with Gasteiger partial charge < -0.3 is 14.8 Å². The molecule has 16 heavy (non-hydrogen) atoms. The highest BCUT2D eigenvalue weighted by atomic mass is 16.5. The first-order valence-electron chi connectivity index (χ1n) is 5.21. The third-order valence-electron chi connectivity index (χ3n) is 2.31. The standard InChI is InChI=1S/C12H13NO3/c1-2-3-12(15)16-11-6-8-4-5-13-9(8)7-10(11)14/h4-7,13-14H,2-3H2,1H3. The Morgan fingerprint density at radius 1 is 1.50 bits per heavy atom. The van der Waals surface area contributed by atoms with Crippen molar-refractivity contribution in [2.24, 2.45) is 0 Å². The molecule has 4 heteroatoms. The third-order valence-corrected chi connectivity index (χ3v) is 2.31. The number of ether oxygens (including phenoxy) is 1. The van der Waals surface area contributed by atoms with E-state index in [0.717, 1.165) is 17.3 Å². The van der Waals surface area contributed by atoms with E-state index in [9.17, 15) is 9.90 Å². The Kier molecular flexibility index (Phi) is 2.81. The molecular formula is C12H13NO3. The van der Waals surface area contributed by atoms with Crippen molar-refractivity contribution in [1.29, 1.82) is 0 Å². The number of phenols is 1. The summed E-state index contributed by atoms with van der Waals surface area (Å²) < 4.78 is 5.06. The third kappa shape index (κ3) is 2.00. The normalized spacial score (nSPS) is 10.6. The summed E-state index contributed by atoms with van der Waals surface area (Å²) in [5.41, 5.74) is 0.813. The maximum Gasteiger partial charge on any atom is 0.311 e. The summed E-state index contributed by atoms with van der Waals surface area (Å²) in [4.78, 5) is 14.3. The number of benzene rings is 1. The molecule has 0 aliphatic carbocycles. The van der Waals surface area contributed by atoms with Crippen LogP contribution in [0.2, 0.25) is 0 Å². The molecule has 0 aliphatic heterocycles. The van der Waals surface area contributed by atoms with E-state index in [0.29, 0.717) is 6.42 Å². The second-order valence-electron chi connectivity index (χ2n) is 3.61. The predicted octanol–water partition coefficient (Wildman–Crippen LogP) is 2.58. The number of phenolic OH excluding ortho intramolecular Hbond substituents is 1. The van der Waals surface area contributed by atoms with Crippen molar-refractivity contribution in [2.75, 3.05) is 0 Å². The predicted molar refractivity (Wildman–Crippen MR) is 60.5 cm³/mol. The molecule has 0 amide bonds. The molecule has 0 atom stereocenters. The second kappa shape index (κ2) is 4.26. The summed E-state index contributed by atoms with van der Waals surface area (Å²) >= 11 is 0. The minimum Gasteiger partial charge on any atom is -0.504 e. The van der Waals surface area contributed by atoms with Crippen LogP contribution >= 0.6 is 0 Å². The van der Waals surface area contributed by atoms with Crippen LogP contribution in [0, 0.1) is 0 Å². The second-order valence-corrected chi connectivity index (χ2v) is 3.61. The monoisotopic (exact) mass is 219 g/mol. The zero-order valence-corrected chi connectivity index (χ0v) is 8.99. The number of carbonyl (C=O) groups is 1. The molecule has 2 N–H and O–H groups in total. The van der Waals surface area contributed by atoms with Crippen LogP contribution in [-0.2, 0) is 4.79 Å². The van der Waals surface area contributed by atoms with Crippen LogP contribution in [-0.4, -0.2) is 16.1 Å². The number of hydrogen-bond donors (Lipinski definition) is 2. The highest BCUT2D eigenvalue weighted by Gasteiger charge is 2.09. The highest BCUT2D eigenvalue weighted by Crippen LogP contribution is 2.31. The molecule has 0 spiro atoms. The molecule has 1 heterocycles. The van der Waals surface area contributed by atoms with Gasteiger partial charge in [-0.05, 0) is 18.6 Å². The van der Waals surface area contributed by atoms with Crippen molar-refractivity contribution >= 4 is 16.9 Å². The molecule has 0 aliphatic rings. The van der Waals surface area contributed by atoms with Gasteiger partial charge in [0.05, 0.1) is 0 Å². The zero-order chi connectivity index (χ0) is 11.5. The lowest BCUT2D eigenvalue weighted by Gasteiger charge is -2.05. The molecule has 0 saturated heterocycles. The number of H-pyrrole nitrogens is 1. The maximum absolute atomic E-state index is 11.3. The van der Waals surface area contributed by atoms with Crippen LogP contribution in [0.3, 0.4) is 0 Å². The van der Waals surface area contributed by atoms with Crippen molar-refractivity contribution in [1.82, 2.24) is 4.98 Å². The van der Waals surface area contributed by atoms with Crippen LogP contribution in [0.15, 0.2) is 24.4 Å². The first kappa shape index (κ1) is 10.5. The zero-order valence-electron chi connectivity index (χ0n) is 8.99. The topological polar surface area (TPSA) is 62.3 Å². The van der Waals surface area contributed by atoms with Gasteiger partial charge in [-0.25, -0.2) is 0 Å². The van der Waals surface area contributed by atoms with Crippen LogP contribution in [0.4, 0.5) is 0 Å². The van der Waals surface area contributed by atoms with Gasteiger partial charge in [0.25, 0.3) is 0 Å². The fraction of sp³-hybridized carbons (Fsp3) is 0.250. The van der Waals surface area contributed by atoms with E-state index >= 15 is 0 Å². The number of fused-ring (bicyclic) bond motifs is 1. The summed E-state index contributed by atoms with van der Waals surface area (Å²) in [5.74, 6) is -0.141. The summed E-state index contributed by atoms with van der Waals surface area (Å²) in [7, 11) is 0. The lowest BCUT2D eigenvalue weighted by Crippen LogP contribution is -2.06.